The van der Waals surface area contributed by atoms with Crippen LogP contribution in [0.3, 0.4) is 0 Å². The lowest BCUT2D eigenvalue weighted by molar-refractivity contribution is -0.130. The fraction of sp³-hybridized carbons (Fsp3) is 0.467. The maximum Gasteiger partial charge on any atom is 0.244 e. The summed E-state index contributed by atoms with van der Waals surface area (Å²) in [7, 11) is 0. The number of fused-ring (bicyclic) bond motifs is 1. The van der Waals surface area contributed by atoms with Gasteiger partial charge in [-0.1, -0.05) is 6.08 Å². The first-order chi connectivity index (χ1) is 10.2. The number of rotatable bonds is 5. The molecule has 0 saturated carbocycles. The average Bonchev–Trinajstić information content (AvgIpc) is 2.97. The van der Waals surface area contributed by atoms with Gasteiger partial charge in [0, 0.05) is 31.1 Å². The number of amides is 1. The van der Waals surface area contributed by atoms with Crippen LogP contribution in [0.25, 0.3) is 0 Å². The van der Waals surface area contributed by atoms with E-state index < -0.39 is 0 Å². The third-order valence-electron chi connectivity index (χ3n) is 3.29. The van der Waals surface area contributed by atoms with Crippen molar-refractivity contribution in [3.05, 3.63) is 34.5 Å². The number of carbonyl (C=O) groups excluding carboxylic acids is 1. The van der Waals surface area contributed by atoms with Gasteiger partial charge in [-0.15, -0.1) is 17.9 Å². The molecule has 1 aliphatic heterocycles. The van der Waals surface area contributed by atoms with Crippen LogP contribution < -0.4 is 10.6 Å². The minimum Gasteiger partial charge on any atom is -0.357 e. The van der Waals surface area contributed by atoms with E-state index in [2.05, 4.69) is 33.7 Å². The topological polar surface area (TPSA) is 56.7 Å². The zero-order chi connectivity index (χ0) is 15.1. The number of guanidine groups is 1. The van der Waals surface area contributed by atoms with Crippen LogP contribution in [-0.4, -0.2) is 42.9 Å². The van der Waals surface area contributed by atoms with Crippen molar-refractivity contribution < 1.29 is 4.79 Å². The number of hydrogen-bond donors (Lipinski definition) is 2. The Balaban J connectivity index is 1.90. The molecule has 0 aliphatic carbocycles. The van der Waals surface area contributed by atoms with E-state index in [0.29, 0.717) is 19.0 Å². The van der Waals surface area contributed by atoms with Gasteiger partial charge >= 0.3 is 0 Å². The molecule has 0 aromatic carbocycles. The zero-order valence-electron chi connectivity index (χ0n) is 12.4. The van der Waals surface area contributed by atoms with Crippen LogP contribution in [-0.2, 0) is 17.8 Å². The Kier molecular flexibility index (Phi) is 5.80. The summed E-state index contributed by atoms with van der Waals surface area (Å²) in [5.74, 6) is 0.724. The lowest BCUT2D eigenvalue weighted by atomic mass is 10.1. The van der Waals surface area contributed by atoms with Gasteiger partial charge in [-0.25, -0.2) is 4.99 Å². The van der Waals surface area contributed by atoms with Gasteiger partial charge in [0.05, 0.1) is 0 Å². The van der Waals surface area contributed by atoms with E-state index in [9.17, 15) is 4.79 Å². The molecule has 0 fully saturated rings. The first-order valence-corrected chi connectivity index (χ1v) is 8.08. The highest BCUT2D eigenvalue weighted by molar-refractivity contribution is 7.10. The van der Waals surface area contributed by atoms with Crippen LogP contribution in [0.5, 0.6) is 0 Å². The smallest absolute Gasteiger partial charge is 0.244 e. The molecule has 1 aliphatic rings. The Morgan fingerprint density at radius 2 is 2.43 bits per heavy atom. The van der Waals surface area contributed by atoms with Gasteiger partial charge in [-0.05, 0) is 30.4 Å². The molecule has 1 aromatic heterocycles. The first-order valence-electron chi connectivity index (χ1n) is 7.20. The molecule has 0 unspecified atom stereocenters. The van der Waals surface area contributed by atoms with E-state index >= 15 is 0 Å². The van der Waals surface area contributed by atoms with Crippen LogP contribution >= 0.6 is 11.3 Å². The maximum absolute atomic E-state index is 12.3. The quantitative estimate of drug-likeness (QED) is 0.491. The molecular weight excluding hydrogens is 284 g/mol. The van der Waals surface area contributed by atoms with Crippen molar-refractivity contribution in [2.75, 3.05) is 26.2 Å². The largest absolute Gasteiger partial charge is 0.357 e. The minimum absolute atomic E-state index is 0.0719. The monoisotopic (exact) mass is 306 g/mol. The van der Waals surface area contributed by atoms with Crippen molar-refractivity contribution in [2.24, 2.45) is 4.99 Å². The number of hydrogen-bond acceptors (Lipinski definition) is 3. The van der Waals surface area contributed by atoms with E-state index in [4.69, 9.17) is 0 Å². The Labute approximate surface area is 129 Å². The zero-order valence-corrected chi connectivity index (χ0v) is 13.2. The molecular formula is C15H22N4OS. The van der Waals surface area contributed by atoms with Crippen LogP contribution in [0.15, 0.2) is 29.1 Å². The Morgan fingerprint density at radius 1 is 1.57 bits per heavy atom. The molecule has 2 N–H and O–H groups in total. The average molecular weight is 306 g/mol. The van der Waals surface area contributed by atoms with Gasteiger partial charge in [0.1, 0.15) is 6.54 Å². The summed E-state index contributed by atoms with van der Waals surface area (Å²) >= 11 is 1.78. The van der Waals surface area contributed by atoms with Crippen molar-refractivity contribution in [1.82, 2.24) is 15.5 Å². The van der Waals surface area contributed by atoms with Crippen molar-refractivity contribution in [3.8, 4) is 0 Å². The lowest BCUT2D eigenvalue weighted by Gasteiger charge is -2.26. The molecule has 6 heteroatoms. The van der Waals surface area contributed by atoms with Gasteiger partial charge in [0.25, 0.3) is 0 Å². The Bertz CT molecular complexity index is 523. The first kappa shape index (κ1) is 15.6. The summed E-state index contributed by atoms with van der Waals surface area (Å²) in [6.45, 7) is 8.72. The van der Waals surface area contributed by atoms with E-state index in [1.807, 2.05) is 11.8 Å². The predicted molar refractivity (Wildman–Crippen MR) is 87.6 cm³/mol. The SMILES string of the molecule is C=CCNC(=NCC(=O)N1CCc2sccc2C1)NCC. The number of carbonyl (C=O) groups is 1. The molecule has 1 amide bonds. The normalized spacial score (nSPS) is 14.5. The summed E-state index contributed by atoms with van der Waals surface area (Å²) in [6.07, 6.45) is 2.72. The molecule has 0 radical (unpaired) electrons. The molecule has 0 bridgehead atoms. The van der Waals surface area contributed by atoms with Gasteiger partial charge in [-0.3, -0.25) is 4.79 Å². The second kappa shape index (κ2) is 7.83. The fourth-order valence-corrected chi connectivity index (χ4v) is 3.11. The Hall–Kier alpha value is -1.82. The van der Waals surface area contributed by atoms with Crippen molar-refractivity contribution in [3.63, 3.8) is 0 Å². The molecule has 0 spiro atoms. The highest BCUT2D eigenvalue weighted by Gasteiger charge is 2.20. The highest BCUT2D eigenvalue weighted by atomic mass is 32.1. The van der Waals surface area contributed by atoms with Gasteiger partial charge in [0.2, 0.25) is 5.91 Å². The number of nitrogens with zero attached hydrogens (tertiary/aromatic N) is 2. The maximum atomic E-state index is 12.3. The molecule has 2 rings (SSSR count). The molecule has 114 valence electrons. The fourth-order valence-electron chi connectivity index (χ4n) is 2.22. The second-order valence-electron chi connectivity index (χ2n) is 4.80. The highest BCUT2D eigenvalue weighted by Crippen LogP contribution is 2.23. The molecule has 1 aromatic rings. The summed E-state index contributed by atoms with van der Waals surface area (Å²) < 4.78 is 0. The van der Waals surface area contributed by atoms with Crippen LogP contribution in [0.4, 0.5) is 0 Å². The van der Waals surface area contributed by atoms with Crippen LogP contribution in [0, 0.1) is 0 Å². The number of aliphatic imine (C=N–C) groups is 1. The summed E-state index contributed by atoms with van der Waals surface area (Å²) in [5.41, 5.74) is 1.28. The molecule has 5 nitrogen and oxygen atoms in total. The van der Waals surface area contributed by atoms with Crippen molar-refractivity contribution in [1.29, 1.82) is 0 Å². The number of nitrogens with one attached hydrogen (secondary N) is 2. The van der Waals surface area contributed by atoms with Gasteiger partial charge in [0.15, 0.2) is 5.96 Å². The Morgan fingerprint density at radius 3 is 3.19 bits per heavy atom. The van der Waals surface area contributed by atoms with E-state index in [1.54, 1.807) is 17.4 Å². The van der Waals surface area contributed by atoms with Crippen LogP contribution in [0.2, 0.25) is 0 Å². The van der Waals surface area contributed by atoms with E-state index in [1.165, 1.54) is 10.4 Å². The third-order valence-corrected chi connectivity index (χ3v) is 4.31. The summed E-state index contributed by atoms with van der Waals surface area (Å²) in [4.78, 5) is 19.9. The van der Waals surface area contributed by atoms with Gasteiger partial charge in [-0.2, -0.15) is 0 Å². The standard InChI is InChI=1S/C15H22N4OS/c1-3-7-17-15(16-4-2)18-10-14(20)19-8-5-13-12(11-19)6-9-21-13/h3,6,9H,1,4-5,7-8,10-11H2,2H3,(H2,16,17,18). The molecule has 21 heavy (non-hydrogen) atoms. The molecule has 0 atom stereocenters. The molecule has 2 heterocycles. The van der Waals surface area contributed by atoms with Crippen LogP contribution in [0.1, 0.15) is 17.4 Å². The number of thiophene rings is 1. The lowest BCUT2D eigenvalue weighted by Crippen LogP contribution is -2.40. The summed E-state index contributed by atoms with van der Waals surface area (Å²) in [5, 5.41) is 8.30. The predicted octanol–water partition coefficient (Wildman–Crippen LogP) is 1.37. The summed E-state index contributed by atoms with van der Waals surface area (Å²) in [6, 6.07) is 2.11. The minimum atomic E-state index is 0.0719. The van der Waals surface area contributed by atoms with E-state index in [-0.39, 0.29) is 12.5 Å². The second-order valence-corrected chi connectivity index (χ2v) is 5.80. The van der Waals surface area contributed by atoms with E-state index in [0.717, 1.165) is 19.5 Å². The molecule has 0 saturated heterocycles. The van der Waals surface area contributed by atoms with Crippen molar-refractivity contribution in [2.45, 2.75) is 19.9 Å². The van der Waals surface area contributed by atoms with Crippen molar-refractivity contribution >= 4 is 23.2 Å². The van der Waals surface area contributed by atoms with Gasteiger partial charge < -0.3 is 15.5 Å². The third kappa shape index (κ3) is 4.32.